The van der Waals surface area contributed by atoms with Gasteiger partial charge in [0.25, 0.3) is 0 Å². The Kier molecular flexibility index (Phi) is 4.60. The lowest BCUT2D eigenvalue weighted by atomic mass is 10.0. The molecule has 2 amide bonds. The molecule has 0 spiro atoms. The maximum Gasteiger partial charge on any atom is 0.242 e. The quantitative estimate of drug-likeness (QED) is 0.791. The van der Waals surface area contributed by atoms with Gasteiger partial charge in [0.2, 0.25) is 11.8 Å². The Hall–Kier alpha value is -2.43. The summed E-state index contributed by atoms with van der Waals surface area (Å²) in [4.78, 5) is 31.9. The number of nitriles is 1. The average Bonchev–Trinajstić information content (AvgIpc) is 3.07. The molecule has 5 rings (SSSR count). The normalized spacial score (nSPS) is 34.1. The highest BCUT2D eigenvalue weighted by Crippen LogP contribution is 2.48. The molecule has 158 valence electrons. The largest absolute Gasteiger partial charge is 0.330 e. The summed E-state index contributed by atoms with van der Waals surface area (Å²) in [7, 11) is 0. The highest BCUT2D eigenvalue weighted by Gasteiger charge is 2.56. The van der Waals surface area contributed by atoms with Crippen LogP contribution in [0.1, 0.15) is 43.4 Å². The Morgan fingerprint density at radius 3 is 2.67 bits per heavy atom. The maximum atomic E-state index is 13.1. The number of aryl methyl sites for hydroxylation is 1. The number of benzene rings is 1. The average molecular weight is 408 g/mol. The van der Waals surface area contributed by atoms with Gasteiger partial charge < -0.3 is 15.5 Å². The number of nitrogens with two attached hydrogens (primary N) is 1. The van der Waals surface area contributed by atoms with E-state index in [0.29, 0.717) is 12.5 Å². The van der Waals surface area contributed by atoms with Gasteiger partial charge in [-0.25, -0.2) is 0 Å². The van der Waals surface area contributed by atoms with E-state index >= 15 is 0 Å². The number of nitrogens with zero attached hydrogens (tertiary/aromatic N) is 4. The highest BCUT2D eigenvalue weighted by molar-refractivity contribution is 5.87. The maximum absolute atomic E-state index is 13.1. The fraction of sp³-hybridized carbons (Fsp3) is 0.609. The molecule has 7 atom stereocenters. The summed E-state index contributed by atoms with van der Waals surface area (Å²) in [5.74, 6) is 0.482. The van der Waals surface area contributed by atoms with Crippen molar-refractivity contribution in [1.82, 2.24) is 14.7 Å². The predicted octanol–water partition coefficient (Wildman–Crippen LogP) is 1.18. The third-order valence-corrected chi connectivity index (χ3v) is 7.55. The Labute approximate surface area is 177 Å². The second kappa shape index (κ2) is 7.07. The van der Waals surface area contributed by atoms with Crippen molar-refractivity contribution in [3.05, 3.63) is 35.4 Å². The second-order valence-electron chi connectivity index (χ2n) is 9.49. The van der Waals surface area contributed by atoms with Crippen LogP contribution in [0.2, 0.25) is 0 Å². The van der Waals surface area contributed by atoms with Gasteiger partial charge in [-0.2, -0.15) is 5.26 Å². The van der Waals surface area contributed by atoms with Crippen molar-refractivity contribution in [3.63, 3.8) is 0 Å². The number of fused-ring (bicyclic) bond motifs is 3. The molecule has 2 N–H and O–H groups in total. The van der Waals surface area contributed by atoms with E-state index in [4.69, 9.17) is 5.73 Å². The van der Waals surface area contributed by atoms with E-state index in [1.54, 1.807) is 4.90 Å². The van der Waals surface area contributed by atoms with E-state index in [0.717, 1.165) is 31.4 Å². The van der Waals surface area contributed by atoms with Crippen molar-refractivity contribution < 1.29 is 9.59 Å². The minimum absolute atomic E-state index is 0.0401. The van der Waals surface area contributed by atoms with Crippen LogP contribution in [0.5, 0.6) is 0 Å². The minimum Gasteiger partial charge on any atom is -0.330 e. The van der Waals surface area contributed by atoms with Crippen molar-refractivity contribution in [3.8, 4) is 6.07 Å². The van der Waals surface area contributed by atoms with Crippen molar-refractivity contribution in [2.75, 3.05) is 13.1 Å². The topological polar surface area (TPSA) is 93.7 Å². The van der Waals surface area contributed by atoms with Crippen LogP contribution in [-0.4, -0.2) is 69.8 Å². The summed E-state index contributed by atoms with van der Waals surface area (Å²) in [6.45, 7) is 5.28. The lowest BCUT2D eigenvalue weighted by molar-refractivity contribution is -0.141. The van der Waals surface area contributed by atoms with Crippen LogP contribution in [0.25, 0.3) is 0 Å². The smallest absolute Gasteiger partial charge is 0.242 e. The first-order chi connectivity index (χ1) is 14.4. The summed E-state index contributed by atoms with van der Waals surface area (Å²) in [6.07, 6.45) is 2.57. The molecule has 1 aromatic carbocycles. The molecule has 3 saturated heterocycles. The van der Waals surface area contributed by atoms with Crippen LogP contribution in [0.15, 0.2) is 24.3 Å². The zero-order chi connectivity index (χ0) is 21.2. The Balaban J connectivity index is 1.23. The van der Waals surface area contributed by atoms with Gasteiger partial charge in [-0.05, 0) is 44.6 Å². The fourth-order valence-electron chi connectivity index (χ4n) is 5.82. The van der Waals surface area contributed by atoms with Crippen molar-refractivity contribution in [1.29, 1.82) is 5.26 Å². The molecule has 0 radical (unpaired) electrons. The standard InChI is InChI=1S/C23H29N5O2/c1-13-3-5-15(6-4-13)14(2)27-18-9-21(23(27)30)26(11-18)12-19(25)22(29)28-17(10-24)7-16-8-20(16)28/h3-6,14,16-21H,7-9,11-12,25H2,1-2H3/t14-,16+,17-,18?,19-,20-,21+/m0/s1. The zero-order valence-electron chi connectivity index (χ0n) is 17.6. The zero-order valence-corrected chi connectivity index (χ0v) is 17.6. The van der Waals surface area contributed by atoms with Gasteiger partial charge in [-0.1, -0.05) is 29.8 Å². The SMILES string of the molecule is Cc1ccc([C@H](C)N2C(=O)[C@H]3CC2CN3C[C@H](N)C(=O)N2[C@H](C#N)C[C@@H]3C[C@@H]32)cc1. The van der Waals surface area contributed by atoms with Crippen LogP contribution < -0.4 is 5.73 Å². The second-order valence-corrected chi connectivity index (χ2v) is 9.49. The first kappa shape index (κ1) is 19.5. The number of carbonyl (C=O) groups is 2. The van der Waals surface area contributed by atoms with Crippen molar-refractivity contribution in [2.24, 2.45) is 11.7 Å². The van der Waals surface area contributed by atoms with Crippen LogP contribution in [0, 0.1) is 24.2 Å². The summed E-state index contributed by atoms with van der Waals surface area (Å²) in [6, 6.07) is 9.79. The Bertz CT molecular complexity index is 909. The van der Waals surface area contributed by atoms with Gasteiger partial charge in [0, 0.05) is 25.2 Å². The number of piperidine rings is 1. The monoisotopic (exact) mass is 407 g/mol. The molecule has 3 aliphatic heterocycles. The molecule has 1 unspecified atom stereocenters. The first-order valence-electron chi connectivity index (χ1n) is 11.0. The van der Waals surface area contributed by atoms with E-state index in [1.807, 2.05) is 4.90 Å². The fourth-order valence-corrected chi connectivity index (χ4v) is 5.82. The third kappa shape index (κ3) is 3.01. The molecule has 0 aromatic heterocycles. The third-order valence-electron chi connectivity index (χ3n) is 7.55. The molecule has 30 heavy (non-hydrogen) atoms. The molecule has 4 aliphatic rings. The highest BCUT2D eigenvalue weighted by atomic mass is 16.2. The van der Waals surface area contributed by atoms with Gasteiger partial charge in [-0.3, -0.25) is 14.5 Å². The molecular weight excluding hydrogens is 378 g/mol. The van der Waals surface area contributed by atoms with Crippen LogP contribution in [0.3, 0.4) is 0 Å². The lowest BCUT2D eigenvalue weighted by Crippen LogP contribution is -2.57. The molecular formula is C23H29N5O2. The van der Waals surface area contributed by atoms with E-state index in [2.05, 4.69) is 49.1 Å². The van der Waals surface area contributed by atoms with Gasteiger partial charge >= 0.3 is 0 Å². The number of likely N-dealkylation sites (tertiary alicyclic amines) is 3. The first-order valence-corrected chi connectivity index (χ1v) is 11.0. The van der Waals surface area contributed by atoms with Gasteiger partial charge in [-0.15, -0.1) is 0 Å². The number of amides is 2. The van der Waals surface area contributed by atoms with Crippen LogP contribution >= 0.6 is 0 Å². The Morgan fingerprint density at radius 2 is 2.00 bits per heavy atom. The number of hydrogen-bond acceptors (Lipinski definition) is 5. The van der Waals surface area contributed by atoms with Crippen molar-refractivity contribution >= 4 is 11.8 Å². The summed E-state index contributed by atoms with van der Waals surface area (Å²) in [5, 5.41) is 9.36. The van der Waals surface area contributed by atoms with Gasteiger partial charge in [0.15, 0.2) is 0 Å². The summed E-state index contributed by atoms with van der Waals surface area (Å²) >= 11 is 0. The van der Waals surface area contributed by atoms with E-state index < -0.39 is 6.04 Å². The summed E-state index contributed by atoms with van der Waals surface area (Å²) in [5.41, 5.74) is 8.64. The van der Waals surface area contributed by atoms with Gasteiger partial charge in [0.1, 0.15) is 6.04 Å². The van der Waals surface area contributed by atoms with Crippen molar-refractivity contribution in [2.45, 2.75) is 69.4 Å². The predicted molar refractivity (Wildman–Crippen MR) is 111 cm³/mol. The van der Waals surface area contributed by atoms with Gasteiger partial charge in [0.05, 0.1) is 24.2 Å². The number of hydrogen-bond donors (Lipinski definition) is 1. The summed E-state index contributed by atoms with van der Waals surface area (Å²) < 4.78 is 0. The number of piperazine rings is 1. The van der Waals surface area contributed by atoms with Crippen LogP contribution in [0.4, 0.5) is 0 Å². The van der Waals surface area contributed by atoms with E-state index in [9.17, 15) is 14.9 Å². The molecule has 1 saturated carbocycles. The Morgan fingerprint density at radius 1 is 1.27 bits per heavy atom. The molecule has 2 bridgehead atoms. The molecule has 1 aromatic rings. The molecule has 4 fully saturated rings. The minimum atomic E-state index is -0.685. The molecule has 1 aliphatic carbocycles. The molecule has 7 nitrogen and oxygen atoms in total. The molecule has 7 heteroatoms. The van der Waals surface area contributed by atoms with E-state index in [-0.39, 0.29) is 42.0 Å². The number of carbonyl (C=O) groups excluding carboxylic acids is 2. The number of rotatable bonds is 5. The molecule has 3 heterocycles. The van der Waals surface area contributed by atoms with E-state index in [1.165, 1.54) is 5.56 Å². The lowest BCUT2D eigenvalue weighted by Gasteiger charge is -2.38. The van der Waals surface area contributed by atoms with Crippen LogP contribution in [-0.2, 0) is 9.59 Å².